The summed E-state index contributed by atoms with van der Waals surface area (Å²) >= 11 is 3.28. The first kappa shape index (κ1) is 14.4. The lowest BCUT2D eigenvalue weighted by Crippen LogP contribution is -2.12. The van der Waals surface area contributed by atoms with Crippen LogP contribution in [0.3, 0.4) is 0 Å². The molecular weight excluding hydrogens is 320 g/mol. The van der Waals surface area contributed by atoms with E-state index in [-0.39, 0.29) is 11.7 Å². The van der Waals surface area contributed by atoms with Crippen molar-refractivity contribution in [3.05, 3.63) is 52.0 Å². The maximum absolute atomic E-state index is 12.1. The zero-order chi connectivity index (χ0) is 14.7. The number of rotatable bonds is 3. The molecule has 4 nitrogen and oxygen atoms in total. The molecular formula is C15H15BrN2O2. The predicted molar refractivity (Wildman–Crippen MR) is 84.0 cm³/mol. The molecule has 0 aromatic heterocycles. The van der Waals surface area contributed by atoms with Crippen LogP contribution in [-0.4, -0.2) is 11.0 Å². The monoisotopic (exact) mass is 334 g/mol. The number of phenols is 1. The Hall–Kier alpha value is -2.01. The first-order chi connectivity index (χ1) is 9.51. The third-order valence-corrected chi connectivity index (χ3v) is 3.70. The van der Waals surface area contributed by atoms with E-state index in [1.54, 1.807) is 30.3 Å². The molecule has 0 heterocycles. The van der Waals surface area contributed by atoms with Crippen molar-refractivity contribution in [1.29, 1.82) is 0 Å². The molecule has 0 aliphatic heterocycles. The van der Waals surface area contributed by atoms with Crippen LogP contribution in [0, 0.1) is 0 Å². The minimum absolute atomic E-state index is 0.0423. The molecule has 20 heavy (non-hydrogen) atoms. The third kappa shape index (κ3) is 3.11. The van der Waals surface area contributed by atoms with E-state index in [2.05, 4.69) is 21.2 Å². The van der Waals surface area contributed by atoms with Crippen molar-refractivity contribution in [2.45, 2.75) is 13.3 Å². The number of hydrogen-bond acceptors (Lipinski definition) is 3. The molecule has 5 heteroatoms. The fraction of sp³-hybridized carbons (Fsp3) is 0.133. The number of aryl methyl sites for hydroxylation is 1. The van der Waals surface area contributed by atoms with Crippen LogP contribution in [0.25, 0.3) is 0 Å². The van der Waals surface area contributed by atoms with Gasteiger partial charge >= 0.3 is 0 Å². The fourth-order valence-electron chi connectivity index (χ4n) is 1.78. The molecule has 0 atom stereocenters. The summed E-state index contributed by atoms with van der Waals surface area (Å²) < 4.78 is 0.741. The van der Waals surface area contributed by atoms with Crippen molar-refractivity contribution in [3.63, 3.8) is 0 Å². The van der Waals surface area contributed by atoms with Gasteiger partial charge in [-0.05, 0) is 58.2 Å². The van der Waals surface area contributed by atoms with Crippen molar-refractivity contribution in [3.8, 4) is 5.75 Å². The quantitative estimate of drug-likeness (QED) is 0.593. The Bertz CT molecular complexity index is 656. The van der Waals surface area contributed by atoms with Crippen LogP contribution in [0.15, 0.2) is 40.9 Å². The summed E-state index contributed by atoms with van der Waals surface area (Å²) in [4.78, 5) is 12.1. The minimum Gasteiger partial charge on any atom is -0.506 e. The molecule has 0 unspecified atom stereocenters. The summed E-state index contributed by atoms with van der Waals surface area (Å²) in [6, 6.07) is 10.1. The van der Waals surface area contributed by atoms with Crippen molar-refractivity contribution >= 4 is 33.2 Å². The summed E-state index contributed by atoms with van der Waals surface area (Å²) in [7, 11) is 0. The van der Waals surface area contributed by atoms with Gasteiger partial charge in [-0.3, -0.25) is 4.79 Å². The second kappa shape index (κ2) is 5.96. The lowest BCUT2D eigenvalue weighted by Gasteiger charge is -2.09. The van der Waals surface area contributed by atoms with Crippen LogP contribution in [0.1, 0.15) is 22.8 Å². The van der Waals surface area contributed by atoms with Crippen LogP contribution in [0.5, 0.6) is 5.75 Å². The molecule has 2 rings (SSSR count). The summed E-state index contributed by atoms with van der Waals surface area (Å²) in [5, 5.41) is 12.5. The number of amides is 1. The van der Waals surface area contributed by atoms with Gasteiger partial charge in [0.25, 0.3) is 5.91 Å². The van der Waals surface area contributed by atoms with Gasteiger partial charge in [0.15, 0.2) is 0 Å². The highest BCUT2D eigenvalue weighted by molar-refractivity contribution is 9.10. The zero-order valence-electron chi connectivity index (χ0n) is 11.0. The average Bonchev–Trinajstić information content (AvgIpc) is 2.44. The SMILES string of the molecule is CCc1ccc(O)c(NC(=O)c2ccc(Br)c(N)c2)c1. The van der Waals surface area contributed by atoms with E-state index in [9.17, 15) is 9.90 Å². The lowest BCUT2D eigenvalue weighted by molar-refractivity contribution is 0.102. The van der Waals surface area contributed by atoms with Crippen LogP contribution in [0.2, 0.25) is 0 Å². The molecule has 104 valence electrons. The van der Waals surface area contributed by atoms with E-state index in [1.807, 2.05) is 13.0 Å². The second-order valence-corrected chi connectivity index (χ2v) is 5.25. The topological polar surface area (TPSA) is 75.3 Å². The lowest BCUT2D eigenvalue weighted by atomic mass is 10.1. The maximum Gasteiger partial charge on any atom is 0.255 e. The fourth-order valence-corrected chi connectivity index (χ4v) is 2.03. The van der Waals surface area contributed by atoms with Crippen molar-refractivity contribution in [2.75, 3.05) is 11.1 Å². The van der Waals surface area contributed by atoms with Gasteiger partial charge in [-0.1, -0.05) is 13.0 Å². The number of nitrogens with one attached hydrogen (secondary N) is 1. The van der Waals surface area contributed by atoms with E-state index in [1.165, 1.54) is 0 Å². The van der Waals surface area contributed by atoms with E-state index < -0.39 is 0 Å². The Morgan fingerprint density at radius 1 is 1.30 bits per heavy atom. The van der Waals surface area contributed by atoms with E-state index in [0.29, 0.717) is 16.9 Å². The van der Waals surface area contributed by atoms with Gasteiger partial charge < -0.3 is 16.2 Å². The van der Waals surface area contributed by atoms with Gasteiger partial charge in [0, 0.05) is 15.7 Å². The van der Waals surface area contributed by atoms with E-state index in [0.717, 1.165) is 16.5 Å². The molecule has 0 radical (unpaired) electrons. The normalized spacial score (nSPS) is 10.3. The number of nitrogens with two attached hydrogens (primary N) is 1. The minimum atomic E-state index is -0.312. The van der Waals surface area contributed by atoms with E-state index in [4.69, 9.17) is 5.73 Å². The smallest absolute Gasteiger partial charge is 0.255 e. The van der Waals surface area contributed by atoms with Gasteiger partial charge in [0.05, 0.1) is 5.69 Å². The molecule has 0 bridgehead atoms. The number of phenolic OH excluding ortho intramolecular Hbond substituents is 1. The zero-order valence-corrected chi connectivity index (χ0v) is 12.6. The molecule has 4 N–H and O–H groups in total. The molecule has 0 saturated carbocycles. The maximum atomic E-state index is 12.1. The van der Waals surface area contributed by atoms with Crippen LogP contribution < -0.4 is 11.1 Å². The average molecular weight is 335 g/mol. The largest absolute Gasteiger partial charge is 0.506 e. The Kier molecular flexibility index (Phi) is 4.29. The molecule has 1 amide bonds. The predicted octanol–water partition coefficient (Wildman–Crippen LogP) is 3.55. The molecule has 0 saturated heterocycles. The Morgan fingerprint density at radius 2 is 2.05 bits per heavy atom. The Morgan fingerprint density at radius 3 is 2.70 bits per heavy atom. The first-order valence-corrected chi connectivity index (χ1v) is 6.99. The summed E-state index contributed by atoms with van der Waals surface area (Å²) in [5.41, 5.74) is 8.11. The van der Waals surface area contributed by atoms with Gasteiger partial charge in [0.1, 0.15) is 5.75 Å². The van der Waals surface area contributed by atoms with Crippen molar-refractivity contribution in [1.82, 2.24) is 0 Å². The van der Waals surface area contributed by atoms with Gasteiger partial charge in [0.2, 0.25) is 0 Å². The Balaban J connectivity index is 2.25. The number of benzene rings is 2. The van der Waals surface area contributed by atoms with Crippen LogP contribution >= 0.6 is 15.9 Å². The highest BCUT2D eigenvalue weighted by Crippen LogP contribution is 2.26. The summed E-state index contributed by atoms with van der Waals surface area (Å²) in [6.07, 6.45) is 0.828. The van der Waals surface area contributed by atoms with Crippen LogP contribution in [-0.2, 0) is 6.42 Å². The molecule has 0 aliphatic carbocycles. The molecule has 0 aliphatic rings. The van der Waals surface area contributed by atoms with Gasteiger partial charge in [-0.2, -0.15) is 0 Å². The number of aromatic hydroxyl groups is 1. The highest BCUT2D eigenvalue weighted by atomic mass is 79.9. The number of carbonyl (C=O) groups excluding carboxylic acids is 1. The number of carbonyl (C=O) groups is 1. The molecule has 2 aromatic carbocycles. The van der Waals surface area contributed by atoms with Crippen LogP contribution in [0.4, 0.5) is 11.4 Å². The van der Waals surface area contributed by atoms with E-state index >= 15 is 0 Å². The highest BCUT2D eigenvalue weighted by Gasteiger charge is 2.10. The standard InChI is InChI=1S/C15H15BrN2O2/c1-2-9-3-6-14(19)13(7-9)18-15(20)10-4-5-11(16)12(17)8-10/h3-8,19H,2,17H2,1H3,(H,18,20). The third-order valence-electron chi connectivity index (χ3n) is 2.98. The van der Waals surface area contributed by atoms with Crippen molar-refractivity contribution < 1.29 is 9.90 Å². The number of hydrogen-bond donors (Lipinski definition) is 3. The number of anilines is 2. The van der Waals surface area contributed by atoms with Gasteiger partial charge in [-0.25, -0.2) is 0 Å². The Labute approximate surface area is 125 Å². The second-order valence-electron chi connectivity index (χ2n) is 4.40. The molecule has 2 aromatic rings. The summed E-state index contributed by atoms with van der Waals surface area (Å²) in [6.45, 7) is 2.01. The van der Waals surface area contributed by atoms with Gasteiger partial charge in [-0.15, -0.1) is 0 Å². The molecule has 0 fully saturated rings. The number of halogens is 1. The summed E-state index contributed by atoms with van der Waals surface area (Å²) in [5.74, 6) is -0.270. The number of nitrogen functional groups attached to an aromatic ring is 1. The molecule has 0 spiro atoms. The van der Waals surface area contributed by atoms with Crippen molar-refractivity contribution in [2.24, 2.45) is 0 Å². The first-order valence-electron chi connectivity index (χ1n) is 6.19.